The summed E-state index contributed by atoms with van der Waals surface area (Å²) >= 11 is 0. The molecule has 1 fully saturated rings. The standard InChI is InChI=1S/C12H16F3N3/c13-12(14,15)10-17-6-3-7-18(9-8-17)11-4-1-2-5-16-11/h1-2,4-5H,3,6-10H2. The molecule has 1 aliphatic heterocycles. The van der Waals surface area contributed by atoms with Crippen molar-refractivity contribution in [2.45, 2.75) is 12.6 Å². The minimum atomic E-state index is -4.11. The van der Waals surface area contributed by atoms with Crippen LogP contribution in [0.25, 0.3) is 0 Å². The van der Waals surface area contributed by atoms with Crippen LogP contribution in [0.3, 0.4) is 0 Å². The summed E-state index contributed by atoms with van der Waals surface area (Å²) in [4.78, 5) is 7.73. The SMILES string of the molecule is FC(F)(F)CN1CCCN(c2ccccn2)CC1. The predicted molar refractivity (Wildman–Crippen MR) is 63.6 cm³/mol. The maximum Gasteiger partial charge on any atom is 0.401 e. The zero-order valence-electron chi connectivity index (χ0n) is 10.0. The van der Waals surface area contributed by atoms with Gasteiger partial charge in [0, 0.05) is 32.4 Å². The van der Waals surface area contributed by atoms with Gasteiger partial charge < -0.3 is 4.90 Å². The van der Waals surface area contributed by atoms with E-state index in [4.69, 9.17) is 0 Å². The zero-order chi connectivity index (χ0) is 13.0. The van der Waals surface area contributed by atoms with Crippen molar-refractivity contribution >= 4 is 5.82 Å². The van der Waals surface area contributed by atoms with Gasteiger partial charge in [0.2, 0.25) is 0 Å². The third-order valence-corrected chi connectivity index (χ3v) is 2.96. The zero-order valence-corrected chi connectivity index (χ0v) is 10.0. The molecule has 0 atom stereocenters. The molecule has 18 heavy (non-hydrogen) atoms. The van der Waals surface area contributed by atoms with Crippen LogP contribution in [0.5, 0.6) is 0 Å². The van der Waals surface area contributed by atoms with Gasteiger partial charge in [-0.3, -0.25) is 4.90 Å². The quantitative estimate of drug-likeness (QED) is 0.811. The van der Waals surface area contributed by atoms with Gasteiger partial charge in [0.05, 0.1) is 6.54 Å². The summed E-state index contributed by atoms with van der Waals surface area (Å²) in [6.45, 7) is 1.44. The van der Waals surface area contributed by atoms with Crippen molar-refractivity contribution in [3.8, 4) is 0 Å². The van der Waals surface area contributed by atoms with Gasteiger partial charge >= 0.3 is 6.18 Å². The first kappa shape index (κ1) is 13.1. The first-order valence-corrected chi connectivity index (χ1v) is 6.00. The van der Waals surface area contributed by atoms with Gasteiger partial charge in [0.1, 0.15) is 5.82 Å². The number of hydrogen-bond acceptors (Lipinski definition) is 3. The second-order valence-electron chi connectivity index (χ2n) is 4.42. The molecule has 0 aromatic carbocycles. The van der Waals surface area contributed by atoms with E-state index in [1.165, 1.54) is 4.90 Å². The fourth-order valence-corrected chi connectivity index (χ4v) is 2.15. The van der Waals surface area contributed by atoms with Gasteiger partial charge in [0.25, 0.3) is 0 Å². The van der Waals surface area contributed by atoms with Crippen molar-refractivity contribution in [2.75, 3.05) is 37.6 Å². The number of alkyl halides is 3. The highest BCUT2D eigenvalue weighted by Gasteiger charge is 2.31. The van der Waals surface area contributed by atoms with E-state index < -0.39 is 12.7 Å². The largest absolute Gasteiger partial charge is 0.401 e. The van der Waals surface area contributed by atoms with Gasteiger partial charge in [0.15, 0.2) is 0 Å². The van der Waals surface area contributed by atoms with Crippen molar-refractivity contribution in [3.05, 3.63) is 24.4 Å². The van der Waals surface area contributed by atoms with Crippen LogP contribution in [-0.4, -0.2) is 48.8 Å². The van der Waals surface area contributed by atoms with Crippen LogP contribution in [0, 0.1) is 0 Å². The van der Waals surface area contributed by atoms with Gasteiger partial charge in [-0.1, -0.05) is 6.07 Å². The third kappa shape index (κ3) is 3.87. The predicted octanol–water partition coefficient (Wildman–Crippen LogP) is 2.16. The summed E-state index contributed by atoms with van der Waals surface area (Å²) in [6, 6.07) is 5.61. The number of aromatic nitrogens is 1. The van der Waals surface area contributed by atoms with E-state index in [1.807, 2.05) is 23.1 Å². The van der Waals surface area contributed by atoms with Crippen molar-refractivity contribution in [3.63, 3.8) is 0 Å². The minimum Gasteiger partial charge on any atom is -0.355 e. The Morgan fingerprint density at radius 1 is 1.11 bits per heavy atom. The first-order chi connectivity index (χ1) is 8.54. The Morgan fingerprint density at radius 3 is 2.61 bits per heavy atom. The Bertz CT molecular complexity index is 367. The van der Waals surface area contributed by atoms with E-state index >= 15 is 0 Å². The summed E-state index contributed by atoms with van der Waals surface area (Å²) in [5, 5.41) is 0. The fourth-order valence-electron chi connectivity index (χ4n) is 2.15. The molecule has 1 aromatic rings. The van der Waals surface area contributed by atoms with E-state index in [0.29, 0.717) is 19.6 Å². The lowest BCUT2D eigenvalue weighted by Crippen LogP contribution is -2.37. The fraction of sp³-hybridized carbons (Fsp3) is 0.583. The number of rotatable bonds is 2. The van der Waals surface area contributed by atoms with Gasteiger partial charge in [-0.25, -0.2) is 4.98 Å². The molecule has 6 heteroatoms. The third-order valence-electron chi connectivity index (χ3n) is 2.96. The van der Waals surface area contributed by atoms with Crippen LogP contribution >= 0.6 is 0 Å². The van der Waals surface area contributed by atoms with Crippen LogP contribution in [0.15, 0.2) is 24.4 Å². The molecule has 0 amide bonds. The lowest BCUT2D eigenvalue weighted by atomic mass is 10.3. The Hall–Kier alpha value is -1.30. The molecule has 0 saturated carbocycles. The van der Waals surface area contributed by atoms with E-state index in [-0.39, 0.29) is 0 Å². The number of anilines is 1. The smallest absolute Gasteiger partial charge is 0.355 e. The highest BCUT2D eigenvalue weighted by atomic mass is 19.4. The topological polar surface area (TPSA) is 19.4 Å². The molecular weight excluding hydrogens is 243 g/mol. The molecule has 2 heterocycles. The van der Waals surface area contributed by atoms with E-state index in [9.17, 15) is 13.2 Å². The van der Waals surface area contributed by atoms with E-state index in [0.717, 1.165) is 18.8 Å². The normalized spacial score (nSPS) is 18.7. The van der Waals surface area contributed by atoms with Crippen molar-refractivity contribution in [2.24, 2.45) is 0 Å². The van der Waals surface area contributed by atoms with Crippen molar-refractivity contribution in [1.29, 1.82) is 0 Å². The molecule has 0 bridgehead atoms. The summed E-state index contributed by atoms with van der Waals surface area (Å²) in [5.41, 5.74) is 0. The van der Waals surface area contributed by atoms with Gasteiger partial charge in [-0.05, 0) is 18.6 Å². The Kier molecular flexibility index (Phi) is 4.06. The van der Waals surface area contributed by atoms with Crippen LogP contribution < -0.4 is 4.90 Å². The van der Waals surface area contributed by atoms with E-state index in [2.05, 4.69) is 4.98 Å². The molecule has 0 N–H and O–H groups in total. The molecule has 100 valence electrons. The monoisotopic (exact) mass is 259 g/mol. The first-order valence-electron chi connectivity index (χ1n) is 6.00. The molecule has 2 rings (SSSR count). The second-order valence-corrected chi connectivity index (χ2v) is 4.42. The Balaban J connectivity index is 1.93. The lowest BCUT2D eigenvalue weighted by molar-refractivity contribution is -0.145. The molecule has 1 aromatic heterocycles. The van der Waals surface area contributed by atoms with Crippen LogP contribution in [0.4, 0.5) is 19.0 Å². The highest BCUT2D eigenvalue weighted by Crippen LogP contribution is 2.19. The second kappa shape index (κ2) is 5.56. The van der Waals surface area contributed by atoms with Crippen molar-refractivity contribution < 1.29 is 13.2 Å². The van der Waals surface area contributed by atoms with Crippen LogP contribution in [-0.2, 0) is 0 Å². The molecule has 0 aliphatic carbocycles. The maximum absolute atomic E-state index is 12.3. The molecule has 0 spiro atoms. The summed E-state index contributed by atoms with van der Waals surface area (Å²) < 4.78 is 37.0. The lowest BCUT2D eigenvalue weighted by Gasteiger charge is -2.23. The van der Waals surface area contributed by atoms with E-state index in [1.54, 1.807) is 6.20 Å². The summed E-state index contributed by atoms with van der Waals surface area (Å²) in [7, 11) is 0. The Morgan fingerprint density at radius 2 is 1.94 bits per heavy atom. The number of halogens is 3. The maximum atomic E-state index is 12.3. The number of nitrogens with zero attached hydrogens (tertiary/aromatic N) is 3. The highest BCUT2D eigenvalue weighted by molar-refractivity contribution is 5.37. The molecule has 1 aliphatic rings. The number of pyridine rings is 1. The molecule has 3 nitrogen and oxygen atoms in total. The minimum absolute atomic E-state index is 0.427. The molecular formula is C12H16F3N3. The summed E-state index contributed by atoms with van der Waals surface area (Å²) in [5.74, 6) is 0.839. The van der Waals surface area contributed by atoms with Crippen LogP contribution in [0.2, 0.25) is 0 Å². The average molecular weight is 259 g/mol. The van der Waals surface area contributed by atoms with Crippen molar-refractivity contribution in [1.82, 2.24) is 9.88 Å². The molecule has 0 unspecified atom stereocenters. The van der Waals surface area contributed by atoms with Crippen LogP contribution in [0.1, 0.15) is 6.42 Å². The van der Waals surface area contributed by atoms with Gasteiger partial charge in [-0.15, -0.1) is 0 Å². The average Bonchev–Trinajstić information content (AvgIpc) is 2.54. The number of hydrogen-bond donors (Lipinski definition) is 0. The summed E-state index contributed by atoms with van der Waals surface area (Å²) in [6.07, 6.45) is -1.68. The Labute approximate surface area is 104 Å². The molecule has 1 saturated heterocycles. The van der Waals surface area contributed by atoms with Gasteiger partial charge in [-0.2, -0.15) is 13.2 Å². The molecule has 0 radical (unpaired) electrons.